The molecule has 1 aliphatic rings. The van der Waals surface area contributed by atoms with Crippen molar-refractivity contribution in [3.63, 3.8) is 0 Å². The van der Waals surface area contributed by atoms with E-state index in [4.69, 9.17) is 4.99 Å². The minimum absolute atomic E-state index is 0.106. The van der Waals surface area contributed by atoms with Crippen molar-refractivity contribution >= 4 is 28.3 Å². The first-order valence-corrected chi connectivity index (χ1v) is 11.2. The molecule has 0 spiro atoms. The monoisotopic (exact) mass is 450 g/mol. The van der Waals surface area contributed by atoms with Crippen molar-refractivity contribution in [2.24, 2.45) is 4.99 Å². The summed E-state index contributed by atoms with van der Waals surface area (Å²) < 4.78 is 40.5. The molecule has 32 heavy (non-hydrogen) atoms. The first-order chi connectivity index (χ1) is 15.3. The summed E-state index contributed by atoms with van der Waals surface area (Å²) in [7, 11) is 0. The summed E-state index contributed by atoms with van der Waals surface area (Å²) in [5, 5.41) is 3.40. The van der Waals surface area contributed by atoms with Crippen LogP contribution in [0.15, 0.2) is 71.7 Å². The number of halogens is 3. The topological polar surface area (TPSA) is 15.6 Å². The molecule has 0 amide bonds. The zero-order valence-corrected chi connectivity index (χ0v) is 18.5. The van der Waals surface area contributed by atoms with Gasteiger partial charge in [0.2, 0.25) is 0 Å². The van der Waals surface area contributed by atoms with E-state index in [1.54, 1.807) is 6.07 Å². The maximum Gasteiger partial charge on any atom is 0.416 e. The Balaban J connectivity index is 1.55. The van der Waals surface area contributed by atoms with Crippen LogP contribution >= 0.6 is 11.3 Å². The van der Waals surface area contributed by atoms with Crippen molar-refractivity contribution in [2.75, 3.05) is 6.67 Å². The second-order valence-corrected chi connectivity index (χ2v) is 9.04. The van der Waals surface area contributed by atoms with Gasteiger partial charge < -0.3 is 4.90 Å². The molecule has 162 valence electrons. The Bertz CT molecular complexity index is 1430. The standard InChI is InChI=1S/C26H21F3N2S/c1-16-23-14-31(17(2)21-12-6-8-18-7-3-4-11-22(18)21)15-30-25(23)32-24(16)19-9-5-10-20(13-19)26(27,28)29/h3-14,17H,15H2,1-2H3/t17-/m1/s1. The van der Waals surface area contributed by atoms with Crippen molar-refractivity contribution in [3.8, 4) is 10.4 Å². The third kappa shape index (κ3) is 3.58. The molecular weight excluding hydrogens is 429 g/mol. The van der Waals surface area contributed by atoms with Crippen molar-refractivity contribution in [3.05, 3.63) is 93.3 Å². The van der Waals surface area contributed by atoms with Crippen molar-refractivity contribution in [1.82, 2.24) is 4.90 Å². The molecule has 2 heterocycles. The van der Waals surface area contributed by atoms with Crippen LogP contribution < -0.4 is 9.89 Å². The van der Waals surface area contributed by atoms with Crippen LogP contribution in [0.2, 0.25) is 0 Å². The van der Waals surface area contributed by atoms with E-state index in [1.807, 2.05) is 19.1 Å². The van der Waals surface area contributed by atoms with E-state index in [2.05, 4.69) is 48.4 Å². The van der Waals surface area contributed by atoms with Crippen molar-refractivity contribution in [1.29, 1.82) is 0 Å². The maximum atomic E-state index is 13.2. The summed E-state index contributed by atoms with van der Waals surface area (Å²) in [6.07, 6.45) is -2.25. The number of benzene rings is 3. The van der Waals surface area contributed by atoms with Gasteiger partial charge in [-0.3, -0.25) is 4.99 Å². The van der Waals surface area contributed by atoms with Gasteiger partial charge in [0, 0.05) is 16.3 Å². The molecule has 0 unspecified atom stereocenters. The molecular formula is C26H21F3N2S. The smallest absolute Gasteiger partial charge is 0.351 e. The van der Waals surface area contributed by atoms with Crippen LogP contribution in [0.4, 0.5) is 13.2 Å². The van der Waals surface area contributed by atoms with Gasteiger partial charge in [0.1, 0.15) is 11.3 Å². The van der Waals surface area contributed by atoms with E-state index >= 15 is 0 Å². The number of rotatable bonds is 3. The zero-order valence-electron chi connectivity index (χ0n) is 17.6. The van der Waals surface area contributed by atoms with E-state index in [1.165, 1.54) is 39.8 Å². The Labute approximate surface area is 188 Å². The van der Waals surface area contributed by atoms with E-state index in [-0.39, 0.29) is 6.04 Å². The molecule has 2 nitrogen and oxygen atoms in total. The molecule has 0 aliphatic carbocycles. The highest BCUT2D eigenvalue weighted by atomic mass is 32.1. The lowest BCUT2D eigenvalue weighted by atomic mass is 9.99. The average Bonchev–Trinajstić information content (AvgIpc) is 3.13. The molecule has 0 radical (unpaired) electrons. The molecule has 0 bridgehead atoms. The number of fused-ring (bicyclic) bond motifs is 2. The number of hydrogen-bond acceptors (Lipinski definition) is 3. The predicted octanol–water partition coefficient (Wildman–Crippen LogP) is 6.29. The van der Waals surface area contributed by atoms with E-state index in [0.29, 0.717) is 12.2 Å². The van der Waals surface area contributed by atoms with Gasteiger partial charge in [-0.1, -0.05) is 54.6 Å². The minimum atomic E-state index is -4.36. The van der Waals surface area contributed by atoms with Crippen LogP contribution in [0.1, 0.15) is 29.7 Å². The third-order valence-corrected chi connectivity index (χ3v) is 7.36. The molecule has 0 saturated heterocycles. The summed E-state index contributed by atoms with van der Waals surface area (Å²) in [5.41, 5.74) is 2.13. The quantitative estimate of drug-likeness (QED) is 0.358. The van der Waals surface area contributed by atoms with Crippen molar-refractivity contribution < 1.29 is 13.2 Å². The van der Waals surface area contributed by atoms with Gasteiger partial charge in [-0.15, -0.1) is 11.3 Å². The lowest BCUT2D eigenvalue weighted by molar-refractivity contribution is -0.137. The zero-order chi connectivity index (χ0) is 22.5. The summed E-state index contributed by atoms with van der Waals surface area (Å²) >= 11 is 1.45. The Morgan fingerprint density at radius 3 is 2.56 bits per heavy atom. The molecule has 5 rings (SSSR count). The largest absolute Gasteiger partial charge is 0.416 e. The summed E-state index contributed by atoms with van der Waals surface area (Å²) in [6.45, 7) is 4.64. The fraction of sp³-hybridized carbons (Fsp3) is 0.192. The summed E-state index contributed by atoms with van der Waals surface area (Å²) in [4.78, 5) is 7.80. The number of thiophene rings is 1. The number of nitrogens with zero attached hydrogens (tertiary/aromatic N) is 2. The van der Waals surface area contributed by atoms with E-state index in [0.717, 1.165) is 26.4 Å². The molecule has 0 N–H and O–H groups in total. The van der Waals surface area contributed by atoms with Crippen LogP contribution in [0.25, 0.3) is 27.4 Å². The molecule has 1 aromatic heterocycles. The van der Waals surface area contributed by atoms with Gasteiger partial charge in [-0.25, -0.2) is 0 Å². The lowest BCUT2D eigenvalue weighted by Gasteiger charge is -2.28. The van der Waals surface area contributed by atoms with Gasteiger partial charge >= 0.3 is 6.18 Å². The Morgan fingerprint density at radius 1 is 1.00 bits per heavy atom. The normalized spacial score (nSPS) is 14.6. The Hall–Kier alpha value is -3.12. The van der Waals surface area contributed by atoms with Gasteiger partial charge in [-0.05, 0) is 53.4 Å². The predicted molar refractivity (Wildman–Crippen MR) is 124 cm³/mol. The minimum Gasteiger partial charge on any atom is -0.351 e. The van der Waals surface area contributed by atoms with Crippen LogP contribution in [0.3, 0.4) is 0 Å². The van der Waals surface area contributed by atoms with Crippen LogP contribution in [-0.4, -0.2) is 11.6 Å². The van der Waals surface area contributed by atoms with Crippen molar-refractivity contribution in [2.45, 2.75) is 26.1 Å². The second-order valence-electron chi connectivity index (χ2n) is 8.04. The van der Waals surface area contributed by atoms with Gasteiger partial charge in [0.05, 0.1) is 11.6 Å². The van der Waals surface area contributed by atoms with Gasteiger partial charge in [-0.2, -0.15) is 13.2 Å². The average molecular weight is 451 g/mol. The first kappa shape index (κ1) is 20.8. The molecule has 0 fully saturated rings. The highest BCUT2D eigenvalue weighted by molar-refractivity contribution is 7.13. The first-order valence-electron chi connectivity index (χ1n) is 10.4. The SMILES string of the molecule is Cc1c(-c2cccc(C(F)(F)F)c2)sc2c1=CN([C@H](C)c1cccc3ccccc13)CN=2. The highest BCUT2D eigenvalue weighted by Gasteiger charge is 2.30. The Morgan fingerprint density at radius 2 is 1.75 bits per heavy atom. The molecule has 1 aliphatic heterocycles. The molecule has 0 saturated carbocycles. The molecule has 4 aromatic rings. The van der Waals surface area contributed by atoms with E-state index < -0.39 is 11.7 Å². The summed E-state index contributed by atoms with van der Waals surface area (Å²) in [6, 6.07) is 20.3. The second kappa shape index (κ2) is 7.78. The fourth-order valence-corrected chi connectivity index (χ4v) is 5.41. The van der Waals surface area contributed by atoms with Gasteiger partial charge in [0.25, 0.3) is 0 Å². The lowest BCUT2D eigenvalue weighted by Crippen LogP contribution is -2.35. The number of hydrogen-bond donors (Lipinski definition) is 0. The molecule has 1 atom stereocenters. The molecule has 3 aromatic carbocycles. The Kier molecular flexibility index (Phi) is 5.05. The fourth-order valence-electron chi connectivity index (χ4n) is 4.27. The summed E-state index contributed by atoms with van der Waals surface area (Å²) in [5.74, 6) is 0. The van der Waals surface area contributed by atoms with Crippen LogP contribution in [0, 0.1) is 6.92 Å². The van der Waals surface area contributed by atoms with Crippen LogP contribution in [-0.2, 0) is 6.18 Å². The van der Waals surface area contributed by atoms with E-state index in [9.17, 15) is 13.2 Å². The third-order valence-electron chi connectivity index (χ3n) is 6.07. The molecule has 6 heteroatoms. The van der Waals surface area contributed by atoms with Crippen LogP contribution in [0.5, 0.6) is 0 Å². The van der Waals surface area contributed by atoms with Gasteiger partial charge in [0.15, 0.2) is 0 Å². The number of alkyl halides is 3. The highest BCUT2D eigenvalue weighted by Crippen LogP contribution is 2.34. The maximum absolute atomic E-state index is 13.2.